The van der Waals surface area contributed by atoms with E-state index in [2.05, 4.69) is 6.92 Å². The molecule has 0 atom stereocenters. The number of hydrogen-bond donors (Lipinski definition) is 0. The first-order valence-electron chi connectivity index (χ1n) is 7.05. The van der Waals surface area contributed by atoms with Crippen LogP contribution in [0.1, 0.15) is 55.8 Å². The van der Waals surface area contributed by atoms with E-state index in [9.17, 15) is 4.79 Å². The zero-order valence-corrected chi connectivity index (χ0v) is 11.2. The number of hydrogen-bond acceptors (Lipinski definition) is 2. The van der Waals surface area contributed by atoms with Crippen LogP contribution in [-0.4, -0.2) is 12.4 Å². The molecular weight excluding hydrogens is 224 g/mol. The molecule has 0 unspecified atom stereocenters. The topological polar surface area (TPSA) is 26.3 Å². The lowest BCUT2D eigenvalue weighted by molar-refractivity contribution is 0.0936. The molecule has 0 N–H and O–H groups in total. The second-order valence-electron chi connectivity index (χ2n) is 5.15. The minimum Gasteiger partial charge on any atom is -0.494 e. The average Bonchev–Trinajstić information content (AvgIpc) is 2.35. The maximum absolute atomic E-state index is 12.0. The maximum atomic E-state index is 12.0. The van der Waals surface area contributed by atoms with Gasteiger partial charge in [0.05, 0.1) is 6.61 Å². The Morgan fingerprint density at radius 1 is 1.28 bits per heavy atom. The summed E-state index contributed by atoms with van der Waals surface area (Å²) in [6.07, 6.45) is 6.67. The standard InChI is InChI=1S/C16H22O2/c1-2-3-11-18-15-9-7-14(8-10-15)16(17)12-13-5-4-6-13/h7-10,13H,2-6,11-12H2,1H3. The van der Waals surface area contributed by atoms with Crippen LogP contribution in [0.3, 0.4) is 0 Å². The number of unbranched alkanes of at least 4 members (excludes halogenated alkanes) is 1. The number of rotatable bonds is 7. The molecule has 2 nitrogen and oxygen atoms in total. The van der Waals surface area contributed by atoms with Gasteiger partial charge in [0.25, 0.3) is 0 Å². The van der Waals surface area contributed by atoms with E-state index in [1.165, 1.54) is 19.3 Å². The fourth-order valence-electron chi connectivity index (χ4n) is 2.15. The predicted molar refractivity (Wildman–Crippen MR) is 73.1 cm³/mol. The number of carbonyl (C=O) groups excluding carboxylic acids is 1. The van der Waals surface area contributed by atoms with Crippen molar-refractivity contribution in [1.82, 2.24) is 0 Å². The van der Waals surface area contributed by atoms with E-state index in [0.717, 1.165) is 37.2 Å². The first-order valence-corrected chi connectivity index (χ1v) is 7.05. The first kappa shape index (κ1) is 13.1. The van der Waals surface area contributed by atoms with Crippen LogP contribution in [0.25, 0.3) is 0 Å². The van der Waals surface area contributed by atoms with Crippen molar-refractivity contribution in [3.63, 3.8) is 0 Å². The summed E-state index contributed by atoms with van der Waals surface area (Å²) in [6.45, 7) is 2.90. The van der Waals surface area contributed by atoms with Crippen LogP contribution in [0, 0.1) is 5.92 Å². The van der Waals surface area contributed by atoms with Gasteiger partial charge in [0.15, 0.2) is 5.78 Å². The minimum atomic E-state index is 0.278. The monoisotopic (exact) mass is 246 g/mol. The number of Topliss-reactive ketones (excluding diaryl/α,β-unsaturated/α-hetero) is 1. The number of benzene rings is 1. The zero-order chi connectivity index (χ0) is 12.8. The second-order valence-corrected chi connectivity index (χ2v) is 5.15. The van der Waals surface area contributed by atoms with Crippen LogP contribution >= 0.6 is 0 Å². The molecule has 0 spiro atoms. The van der Waals surface area contributed by atoms with Crippen molar-refractivity contribution in [2.45, 2.75) is 45.4 Å². The largest absolute Gasteiger partial charge is 0.494 e. The van der Waals surface area contributed by atoms with Crippen LogP contribution in [0.5, 0.6) is 5.75 Å². The molecule has 1 aromatic carbocycles. The highest BCUT2D eigenvalue weighted by Crippen LogP contribution is 2.30. The summed E-state index contributed by atoms with van der Waals surface area (Å²) in [4.78, 5) is 12.0. The highest BCUT2D eigenvalue weighted by molar-refractivity contribution is 5.96. The molecule has 1 saturated carbocycles. The molecule has 0 aliphatic heterocycles. The molecule has 98 valence electrons. The van der Waals surface area contributed by atoms with Gasteiger partial charge in [0.2, 0.25) is 0 Å². The van der Waals surface area contributed by atoms with E-state index < -0.39 is 0 Å². The van der Waals surface area contributed by atoms with E-state index in [-0.39, 0.29) is 5.78 Å². The van der Waals surface area contributed by atoms with Crippen molar-refractivity contribution in [3.8, 4) is 5.75 Å². The van der Waals surface area contributed by atoms with Crippen molar-refractivity contribution in [2.75, 3.05) is 6.61 Å². The third-order valence-corrected chi connectivity index (χ3v) is 3.64. The van der Waals surface area contributed by atoms with Gasteiger partial charge in [-0.15, -0.1) is 0 Å². The third kappa shape index (κ3) is 3.59. The third-order valence-electron chi connectivity index (χ3n) is 3.64. The highest BCUT2D eigenvalue weighted by atomic mass is 16.5. The van der Waals surface area contributed by atoms with Crippen molar-refractivity contribution >= 4 is 5.78 Å². The summed E-state index contributed by atoms with van der Waals surface area (Å²) in [5.74, 6) is 1.78. The Labute approximate surface area is 109 Å². The fourth-order valence-corrected chi connectivity index (χ4v) is 2.15. The Morgan fingerprint density at radius 2 is 2.00 bits per heavy atom. The quantitative estimate of drug-likeness (QED) is 0.531. The van der Waals surface area contributed by atoms with Crippen LogP contribution in [0.4, 0.5) is 0 Å². The summed E-state index contributed by atoms with van der Waals surface area (Å²) in [6, 6.07) is 7.60. The van der Waals surface area contributed by atoms with Crippen molar-refractivity contribution < 1.29 is 9.53 Å². The van der Waals surface area contributed by atoms with Gasteiger partial charge in [0, 0.05) is 12.0 Å². The molecule has 0 heterocycles. The fraction of sp³-hybridized carbons (Fsp3) is 0.562. The van der Waals surface area contributed by atoms with Crippen LogP contribution in [0.2, 0.25) is 0 Å². The molecule has 1 aromatic rings. The molecule has 2 rings (SSSR count). The molecule has 2 heteroatoms. The van der Waals surface area contributed by atoms with Crippen LogP contribution in [0.15, 0.2) is 24.3 Å². The summed E-state index contributed by atoms with van der Waals surface area (Å²) in [5.41, 5.74) is 0.824. The van der Waals surface area contributed by atoms with E-state index in [1.807, 2.05) is 24.3 Å². The maximum Gasteiger partial charge on any atom is 0.163 e. The Balaban J connectivity index is 1.83. The zero-order valence-electron chi connectivity index (χ0n) is 11.2. The van der Waals surface area contributed by atoms with Gasteiger partial charge in [-0.3, -0.25) is 4.79 Å². The van der Waals surface area contributed by atoms with Crippen molar-refractivity contribution in [2.24, 2.45) is 5.92 Å². The summed E-state index contributed by atoms with van der Waals surface area (Å²) >= 11 is 0. The van der Waals surface area contributed by atoms with E-state index >= 15 is 0 Å². The van der Waals surface area contributed by atoms with Gasteiger partial charge >= 0.3 is 0 Å². The number of ether oxygens (including phenoxy) is 1. The highest BCUT2D eigenvalue weighted by Gasteiger charge is 2.21. The molecule has 0 amide bonds. The van der Waals surface area contributed by atoms with Gasteiger partial charge in [0.1, 0.15) is 5.75 Å². The van der Waals surface area contributed by atoms with Gasteiger partial charge < -0.3 is 4.74 Å². The van der Waals surface area contributed by atoms with E-state index in [4.69, 9.17) is 4.74 Å². The molecule has 18 heavy (non-hydrogen) atoms. The molecule has 0 bridgehead atoms. The van der Waals surface area contributed by atoms with Gasteiger partial charge in [-0.05, 0) is 36.6 Å². The molecule has 1 aliphatic carbocycles. The number of ketones is 1. The lowest BCUT2D eigenvalue weighted by Gasteiger charge is -2.24. The molecule has 1 aliphatic rings. The summed E-state index contributed by atoms with van der Waals surface area (Å²) in [7, 11) is 0. The smallest absolute Gasteiger partial charge is 0.163 e. The van der Waals surface area contributed by atoms with Crippen molar-refractivity contribution in [3.05, 3.63) is 29.8 Å². The lowest BCUT2D eigenvalue weighted by atomic mass is 9.81. The van der Waals surface area contributed by atoms with Crippen LogP contribution in [-0.2, 0) is 0 Å². The van der Waals surface area contributed by atoms with Gasteiger partial charge in [-0.2, -0.15) is 0 Å². The summed E-state index contributed by atoms with van der Waals surface area (Å²) in [5, 5.41) is 0. The second kappa shape index (κ2) is 6.58. The lowest BCUT2D eigenvalue weighted by Crippen LogP contribution is -2.15. The molecule has 1 fully saturated rings. The predicted octanol–water partition coefficient (Wildman–Crippen LogP) is 4.24. The van der Waals surface area contributed by atoms with Crippen molar-refractivity contribution in [1.29, 1.82) is 0 Å². The molecule has 0 saturated heterocycles. The van der Waals surface area contributed by atoms with Crippen LogP contribution < -0.4 is 4.74 Å². The Morgan fingerprint density at radius 3 is 2.56 bits per heavy atom. The molecule has 0 radical (unpaired) electrons. The minimum absolute atomic E-state index is 0.278. The Hall–Kier alpha value is -1.31. The Kier molecular flexibility index (Phi) is 4.80. The van der Waals surface area contributed by atoms with E-state index in [0.29, 0.717) is 5.92 Å². The average molecular weight is 246 g/mol. The first-order chi connectivity index (χ1) is 8.79. The van der Waals surface area contributed by atoms with E-state index in [1.54, 1.807) is 0 Å². The Bertz CT molecular complexity index is 377. The van der Waals surface area contributed by atoms with Gasteiger partial charge in [-0.1, -0.05) is 32.6 Å². The molecular formula is C16H22O2. The molecule has 0 aromatic heterocycles. The normalized spacial score (nSPS) is 15.2. The SMILES string of the molecule is CCCCOc1ccc(C(=O)CC2CCC2)cc1. The number of carbonyl (C=O) groups is 1. The summed E-state index contributed by atoms with van der Waals surface area (Å²) < 4.78 is 5.58. The van der Waals surface area contributed by atoms with Gasteiger partial charge in [-0.25, -0.2) is 0 Å².